The van der Waals surface area contributed by atoms with E-state index in [1.165, 1.54) is 0 Å². The van der Waals surface area contributed by atoms with Crippen molar-refractivity contribution in [1.29, 1.82) is 0 Å². The van der Waals surface area contributed by atoms with E-state index in [4.69, 9.17) is 5.73 Å². The maximum absolute atomic E-state index is 5.57. The van der Waals surface area contributed by atoms with Crippen LogP contribution in [-0.2, 0) is 0 Å². The first kappa shape index (κ1) is 14.5. The topological polar surface area (TPSA) is 81.7 Å². The summed E-state index contributed by atoms with van der Waals surface area (Å²) < 4.78 is 1.71. The summed E-state index contributed by atoms with van der Waals surface area (Å²) in [6.07, 6.45) is 2.10. The molecule has 0 amide bonds. The van der Waals surface area contributed by atoms with Gasteiger partial charge in [0.15, 0.2) is 0 Å². The van der Waals surface area contributed by atoms with Crippen LogP contribution in [0.15, 0.2) is 30.3 Å². The van der Waals surface area contributed by atoms with E-state index in [1.807, 2.05) is 30.3 Å². The molecule has 0 saturated carbocycles. The molecule has 1 heterocycles. The second-order valence-electron chi connectivity index (χ2n) is 5.66. The Morgan fingerprint density at radius 1 is 1.25 bits per heavy atom. The van der Waals surface area contributed by atoms with Crippen LogP contribution < -0.4 is 11.1 Å². The number of hydrogen-bond acceptors (Lipinski definition) is 5. The molecule has 0 fully saturated rings. The summed E-state index contributed by atoms with van der Waals surface area (Å²) in [5.74, 6) is 0.664. The Hall–Kier alpha value is -1.95. The van der Waals surface area contributed by atoms with Crippen LogP contribution in [0.25, 0.3) is 5.69 Å². The fourth-order valence-corrected chi connectivity index (χ4v) is 2.03. The van der Waals surface area contributed by atoms with Gasteiger partial charge in [0.2, 0.25) is 5.95 Å². The van der Waals surface area contributed by atoms with Crippen LogP contribution in [0.4, 0.5) is 5.95 Å². The van der Waals surface area contributed by atoms with Crippen LogP contribution in [0, 0.1) is 5.41 Å². The summed E-state index contributed by atoms with van der Waals surface area (Å²) in [5, 5.41) is 15.1. The lowest BCUT2D eigenvalue weighted by Gasteiger charge is -2.24. The fraction of sp³-hybridized carbons (Fsp3) is 0.500. The van der Waals surface area contributed by atoms with Crippen molar-refractivity contribution >= 4 is 5.95 Å². The van der Waals surface area contributed by atoms with E-state index < -0.39 is 0 Å². The molecule has 108 valence electrons. The van der Waals surface area contributed by atoms with Crippen molar-refractivity contribution in [1.82, 2.24) is 20.2 Å². The normalized spacial score (nSPS) is 11.6. The lowest BCUT2D eigenvalue weighted by Crippen LogP contribution is -2.25. The largest absolute Gasteiger partial charge is 0.352 e. The smallest absolute Gasteiger partial charge is 0.247 e. The lowest BCUT2D eigenvalue weighted by atomic mass is 9.88. The van der Waals surface area contributed by atoms with Gasteiger partial charge in [-0.05, 0) is 47.4 Å². The first-order valence-corrected chi connectivity index (χ1v) is 6.90. The number of nitrogens with one attached hydrogen (secondary N) is 1. The maximum Gasteiger partial charge on any atom is 0.247 e. The van der Waals surface area contributed by atoms with E-state index in [-0.39, 0.29) is 5.41 Å². The molecule has 20 heavy (non-hydrogen) atoms. The molecule has 0 bridgehead atoms. The first-order valence-electron chi connectivity index (χ1n) is 6.90. The zero-order valence-electron chi connectivity index (χ0n) is 12.1. The molecule has 0 aliphatic heterocycles. The summed E-state index contributed by atoms with van der Waals surface area (Å²) in [4.78, 5) is 0. The molecular formula is C14H22N6. The average molecular weight is 274 g/mol. The van der Waals surface area contributed by atoms with Gasteiger partial charge in [0, 0.05) is 6.54 Å². The highest BCUT2D eigenvalue weighted by Crippen LogP contribution is 2.22. The summed E-state index contributed by atoms with van der Waals surface area (Å²) in [5.41, 5.74) is 6.67. The SMILES string of the molecule is CC(C)(CCCN)CNc1nnnn1-c1ccccc1. The van der Waals surface area contributed by atoms with Gasteiger partial charge in [-0.1, -0.05) is 37.1 Å². The zero-order chi connectivity index (χ0) is 14.4. The number of hydrogen-bond donors (Lipinski definition) is 2. The lowest BCUT2D eigenvalue weighted by molar-refractivity contribution is 0.349. The van der Waals surface area contributed by atoms with E-state index >= 15 is 0 Å². The average Bonchev–Trinajstić information content (AvgIpc) is 2.93. The maximum atomic E-state index is 5.57. The van der Waals surface area contributed by atoms with Crippen LogP contribution in [0.2, 0.25) is 0 Å². The van der Waals surface area contributed by atoms with E-state index in [1.54, 1.807) is 4.68 Å². The number of tetrazole rings is 1. The zero-order valence-corrected chi connectivity index (χ0v) is 12.1. The summed E-state index contributed by atoms with van der Waals surface area (Å²) in [7, 11) is 0. The molecule has 6 nitrogen and oxygen atoms in total. The third-order valence-corrected chi connectivity index (χ3v) is 3.25. The minimum absolute atomic E-state index is 0.160. The van der Waals surface area contributed by atoms with Crippen molar-refractivity contribution in [3.05, 3.63) is 30.3 Å². The molecule has 0 spiro atoms. The van der Waals surface area contributed by atoms with Crippen molar-refractivity contribution in [2.75, 3.05) is 18.4 Å². The van der Waals surface area contributed by atoms with Gasteiger partial charge in [-0.3, -0.25) is 0 Å². The summed E-state index contributed by atoms with van der Waals surface area (Å²) >= 11 is 0. The summed E-state index contributed by atoms with van der Waals surface area (Å²) in [6.45, 7) is 5.96. The van der Waals surface area contributed by atoms with Gasteiger partial charge in [-0.2, -0.15) is 4.68 Å². The molecule has 2 rings (SSSR count). The highest BCUT2D eigenvalue weighted by Gasteiger charge is 2.18. The van der Waals surface area contributed by atoms with E-state index in [2.05, 4.69) is 34.7 Å². The molecule has 1 aromatic heterocycles. The Morgan fingerprint density at radius 2 is 2.00 bits per heavy atom. The van der Waals surface area contributed by atoms with Crippen LogP contribution in [-0.4, -0.2) is 33.3 Å². The third kappa shape index (κ3) is 3.77. The standard InChI is InChI=1S/C14H22N6/c1-14(2,9-6-10-15)11-16-13-17-18-19-20(13)12-7-4-3-5-8-12/h3-5,7-8H,6,9-11,15H2,1-2H3,(H,16,17,19). The second kappa shape index (κ2) is 6.47. The van der Waals surface area contributed by atoms with Crippen molar-refractivity contribution in [3.8, 4) is 5.69 Å². The van der Waals surface area contributed by atoms with Crippen LogP contribution >= 0.6 is 0 Å². The number of anilines is 1. The van der Waals surface area contributed by atoms with Gasteiger partial charge in [0.25, 0.3) is 0 Å². The number of nitrogens with two attached hydrogens (primary N) is 1. The number of benzene rings is 1. The number of para-hydroxylation sites is 1. The number of rotatable bonds is 7. The molecule has 0 radical (unpaired) electrons. The van der Waals surface area contributed by atoms with Gasteiger partial charge in [-0.25, -0.2) is 0 Å². The number of aromatic nitrogens is 4. The van der Waals surface area contributed by atoms with Crippen molar-refractivity contribution in [2.24, 2.45) is 11.1 Å². The molecule has 3 N–H and O–H groups in total. The predicted molar refractivity (Wildman–Crippen MR) is 79.7 cm³/mol. The van der Waals surface area contributed by atoms with Gasteiger partial charge >= 0.3 is 0 Å². The Labute approximate surface area is 119 Å². The van der Waals surface area contributed by atoms with Crippen LogP contribution in [0.1, 0.15) is 26.7 Å². The Bertz CT molecular complexity index is 519. The Balaban J connectivity index is 2.03. The first-order chi connectivity index (χ1) is 9.62. The van der Waals surface area contributed by atoms with Gasteiger partial charge in [0.1, 0.15) is 0 Å². The molecule has 0 atom stereocenters. The van der Waals surface area contributed by atoms with Crippen molar-refractivity contribution in [2.45, 2.75) is 26.7 Å². The molecule has 6 heteroatoms. The molecule has 2 aromatic rings. The highest BCUT2D eigenvalue weighted by molar-refractivity contribution is 5.38. The molecule has 1 aromatic carbocycles. The fourth-order valence-electron chi connectivity index (χ4n) is 2.03. The molecule has 0 saturated heterocycles. The van der Waals surface area contributed by atoms with Gasteiger partial charge in [-0.15, -0.1) is 0 Å². The molecular weight excluding hydrogens is 252 g/mol. The third-order valence-electron chi connectivity index (χ3n) is 3.25. The molecule has 0 aliphatic rings. The molecule has 0 unspecified atom stereocenters. The highest BCUT2D eigenvalue weighted by atomic mass is 15.6. The van der Waals surface area contributed by atoms with Crippen molar-refractivity contribution < 1.29 is 0 Å². The van der Waals surface area contributed by atoms with E-state index in [0.29, 0.717) is 5.95 Å². The quantitative estimate of drug-likeness (QED) is 0.805. The van der Waals surface area contributed by atoms with Gasteiger partial charge < -0.3 is 11.1 Å². The minimum Gasteiger partial charge on any atom is -0.352 e. The minimum atomic E-state index is 0.160. The monoisotopic (exact) mass is 274 g/mol. The van der Waals surface area contributed by atoms with E-state index in [9.17, 15) is 0 Å². The number of nitrogens with zero attached hydrogens (tertiary/aromatic N) is 4. The Morgan fingerprint density at radius 3 is 2.70 bits per heavy atom. The Kier molecular flexibility index (Phi) is 4.68. The van der Waals surface area contributed by atoms with E-state index in [0.717, 1.165) is 31.6 Å². The second-order valence-corrected chi connectivity index (χ2v) is 5.66. The molecule has 0 aliphatic carbocycles. The van der Waals surface area contributed by atoms with Crippen LogP contribution in [0.3, 0.4) is 0 Å². The van der Waals surface area contributed by atoms with Crippen molar-refractivity contribution in [3.63, 3.8) is 0 Å². The summed E-state index contributed by atoms with van der Waals surface area (Å²) in [6, 6.07) is 9.84. The predicted octanol–water partition coefficient (Wildman–Crippen LogP) is 1.84. The van der Waals surface area contributed by atoms with Crippen LogP contribution in [0.5, 0.6) is 0 Å². The van der Waals surface area contributed by atoms with Gasteiger partial charge in [0.05, 0.1) is 5.69 Å².